The van der Waals surface area contributed by atoms with Gasteiger partial charge in [-0.1, -0.05) is 5.11 Å². The number of primary amides is 1. The predicted octanol–water partition coefficient (Wildman–Crippen LogP) is 0.409. The monoisotopic (exact) mass is 174 g/mol. The molecule has 0 heterocycles. The van der Waals surface area contributed by atoms with Gasteiger partial charge in [0.25, 0.3) is 0 Å². The molecule has 0 bridgehead atoms. The molecule has 1 amide bonds. The lowest BCUT2D eigenvalue weighted by Gasteiger charge is -2.01. The summed E-state index contributed by atoms with van der Waals surface area (Å²) < 4.78 is 9.25. The molecule has 0 saturated carbocycles. The first-order valence-electron chi connectivity index (χ1n) is 3.28. The minimum absolute atomic E-state index is 0.117. The van der Waals surface area contributed by atoms with Crippen molar-refractivity contribution in [1.29, 1.82) is 0 Å². The van der Waals surface area contributed by atoms with Gasteiger partial charge in [0.15, 0.2) is 0 Å². The van der Waals surface area contributed by atoms with Crippen LogP contribution in [0.3, 0.4) is 0 Å². The number of rotatable bonds is 6. The number of nitrogens with two attached hydrogens (primary N) is 1. The van der Waals surface area contributed by atoms with Crippen LogP contribution < -0.4 is 5.73 Å². The van der Waals surface area contributed by atoms with Crippen LogP contribution in [0.2, 0.25) is 0 Å². The Morgan fingerprint density at radius 2 is 2.25 bits per heavy atom. The first-order valence-corrected chi connectivity index (χ1v) is 3.28. The molecule has 0 rings (SSSR count). The van der Waals surface area contributed by atoms with Gasteiger partial charge in [-0.2, -0.15) is 0 Å². The number of amides is 1. The molecule has 0 aliphatic rings. The van der Waals surface area contributed by atoms with Crippen molar-refractivity contribution in [3.63, 3.8) is 0 Å². The first-order chi connectivity index (χ1) is 5.77. The second-order valence-electron chi connectivity index (χ2n) is 1.73. The molecule has 12 heavy (non-hydrogen) atoms. The summed E-state index contributed by atoms with van der Waals surface area (Å²) in [4.78, 5) is 12.5. The van der Waals surface area contributed by atoms with E-state index < -0.39 is 6.09 Å². The summed E-state index contributed by atoms with van der Waals surface area (Å²) >= 11 is 0. The molecule has 0 saturated heterocycles. The van der Waals surface area contributed by atoms with E-state index in [0.717, 1.165) is 0 Å². The quantitative estimate of drug-likeness (QED) is 0.272. The van der Waals surface area contributed by atoms with Crippen LogP contribution in [0.1, 0.15) is 0 Å². The zero-order valence-electron chi connectivity index (χ0n) is 6.47. The van der Waals surface area contributed by atoms with Gasteiger partial charge in [0, 0.05) is 11.5 Å². The van der Waals surface area contributed by atoms with Gasteiger partial charge in [-0.05, 0) is 5.53 Å². The minimum atomic E-state index is -0.825. The fraction of sp³-hybridized carbons (Fsp3) is 0.800. The van der Waals surface area contributed by atoms with E-state index in [2.05, 4.69) is 20.5 Å². The summed E-state index contributed by atoms with van der Waals surface area (Å²) in [6.45, 7) is 0.953. The number of carbonyl (C=O) groups is 1. The molecule has 0 spiro atoms. The zero-order chi connectivity index (χ0) is 9.23. The Balaban J connectivity index is 3.00. The van der Waals surface area contributed by atoms with Gasteiger partial charge >= 0.3 is 6.09 Å². The maximum Gasteiger partial charge on any atom is 0.404 e. The lowest BCUT2D eigenvalue weighted by molar-refractivity contribution is 0.0803. The maximum absolute atomic E-state index is 10.0. The third kappa shape index (κ3) is 8.54. The van der Waals surface area contributed by atoms with Gasteiger partial charge in [0.1, 0.15) is 6.61 Å². The summed E-state index contributed by atoms with van der Waals surface area (Å²) in [5.74, 6) is 0. The minimum Gasteiger partial charge on any atom is -0.447 e. The molecule has 68 valence electrons. The van der Waals surface area contributed by atoms with Crippen molar-refractivity contribution < 1.29 is 14.3 Å². The van der Waals surface area contributed by atoms with Crippen LogP contribution in [0.4, 0.5) is 4.79 Å². The molecule has 0 aliphatic heterocycles. The normalized spacial score (nSPS) is 8.67. The van der Waals surface area contributed by atoms with E-state index in [-0.39, 0.29) is 19.8 Å². The molecule has 7 nitrogen and oxygen atoms in total. The largest absolute Gasteiger partial charge is 0.447 e. The Morgan fingerprint density at radius 3 is 2.83 bits per heavy atom. The SMILES string of the molecule is [N-]=[N+]=NCCOCCOC(N)=O. The average Bonchev–Trinajstić information content (AvgIpc) is 2.02. The van der Waals surface area contributed by atoms with Crippen molar-refractivity contribution in [2.45, 2.75) is 0 Å². The highest BCUT2D eigenvalue weighted by atomic mass is 16.6. The van der Waals surface area contributed by atoms with Crippen molar-refractivity contribution in [1.82, 2.24) is 0 Å². The molecule has 0 fully saturated rings. The van der Waals surface area contributed by atoms with Crippen LogP contribution in [0.25, 0.3) is 10.4 Å². The van der Waals surface area contributed by atoms with Crippen LogP contribution in [0.5, 0.6) is 0 Å². The molecule has 0 aliphatic carbocycles. The van der Waals surface area contributed by atoms with Gasteiger partial charge in [0.05, 0.1) is 13.2 Å². The van der Waals surface area contributed by atoms with E-state index in [4.69, 9.17) is 10.3 Å². The summed E-state index contributed by atoms with van der Waals surface area (Å²) in [6.07, 6.45) is -0.825. The molecule has 0 aromatic rings. The van der Waals surface area contributed by atoms with Crippen molar-refractivity contribution in [3.8, 4) is 0 Å². The van der Waals surface area contributed by atoms with E-state index in [9.17, 15) is 4.79 Å². The van der Waals surface area contributed by atoms with Gasteiger partial charge in [0.2, 0.25) is 0 Å². The summed E-state index contributed by atoms with van der Waals surface area (Å²) in [6, 6.07) is 0. The van der Waals surface area contributed by atoms with E-state index in [1.807, 2.05) is 0 Å². The summed E-state index contributed by atoms with van der Waals surface area (Å²) in [7, 11) is 0. The Kier molecular flexibility index (Phi) is 6.71. The fourth-order valence-electron chi connectivity index (χ4n) is 0.453. The van der Waals surface area contributed by atoms with E-state index in [0.29, 0.717) is 6.61 Å². The molecule has 2 N–H and O–H groups in total. The topological polar surface area (TPSA) is 110 Å². The summed E-state index contributed by atoms with van der Waals surface area (Å²) in [5.41, 5.74) is 12.5. The average molecular weight is 174 g/mol. The molecule has 0 atom stereocenters. The van der Waals surface area contributed by atoms with E-state index >= 15 is 0 Å². The highest BCUT2D eigenvalue weighted by molar-refractivity contribution is 5.64. The molecule has 0 aromatic heterocycles. The van der Waals surface area contributed by atoms with E-state index in [1.165, 1.54) is 0 Å². The smallest absolute Gasteiger partial charge is 0.404 e. The number of azide groups is 1. The number of hydrogen-bond donors (Lipinski definition) is 1. The fourth-order valence-corrected chi connectivity index (χ4v) is 0.453. The Morgan fingerprint density at radius 1 is 1.50 bits per heavy atom. The zero-order valence-corrected chi connectivity index (χ0v) is 6.47. The highest BCUT2D eigenvalue weighted by Crippen LogP contribution is 1.79. The van der Waals surface area contributed by atoms with Crippen molar-refractivity contribution in [2.75, 3.05) is 26.4 Å². The Labute approximate surface area is 69.1 Å². The summed E-state index contributed by atoms with van der Waals surface area (Å²) in [5, 5.41) is 3.23. The van der Waals surface area contributed by atoms with Crippen LogP contribution in [-0.2, 0) is 9.47 Å². The molecule has 7 heteroatoms. The van der Waals surface area contributed by atoms with E-state index in [1.54, 1.807) is 0 Å². The van der Waals surface area contributed by atoms with Gasteiger partial charge in [-0.15, -0.1) is 0 Å². The number of nitrogens with zero attached hydrogens (tertiary/aromatic N) is 3. The second kappa shape index (κ2) is 7.64. The third-order valence-electron chi connectivity index (χ3n) is 0.871. The number of carbonyl (C=O) groups excluding carboxylic acids is 1. The van der Waals surface area contributed by atoms with Gasteiger partial charge in [-0.3, -0.25) is 0 Å². The first kappa shape index (κ1) is 10.5. The third-order valence-corrected chi connectivity index (χ3v) is 0.871. The number of hydrogen-bond acceptors (Lipinski definition) is 4. The van der Waals surface area contributed by atoms with Gasteiger partial charge < -0.3 is 15.2 Å². The molecular weight excluding hydrogens is 164 g/mol. The van der Waals surface area contributed by atoms with Crippen LogP contribution >= 0.6 is 0 Å². The van der Waals surface area contributed by atoms with Crippen LogP contribution in [0.15, 0.2) is 5.11 Å². The lowest BCUT2D eigenvalue weighted by atomic mass is 10.7. The molecule has 0 aromatic carbocycles. The lowest BCUT2D eigenvalue weighted by Crippen LogP contribution is -2.16. The van der Waals surface area contributed by atoms with Crippen molar-refractivity contribution >= 4 is 6.09 Å². The second-order valence-corrected chi connectivity index (χ2v) is 1.73. The van der Waals surface area contributed by atoms with Crippen molar-refractivity contribution in [2.24, 2.45) is 10.8 Å². The Hall–Kier alpha value is -1.46. The highest BCUT2D eigenvalue weighted by Gasteiger charge is 1.92. The van der Waals surface area contributed by atoms with Crippen LogP contribution in [-0.4, -0.2) is 32.5 Å². The number of ether oxygens (including phenoxy) is 2. The molecule has 0 radical (unpaired) electrons. The Bertz CT molecular complexity index is 172. The standard InChI is InChI=1S/C5H10N4O3/c6-5(10)12-4-3-11-2-1-8-9-7/h1-4H2,(H2,6,10). The molecule has 0 unspecified atom stereocenters. The molecular formula is C5H10N4O3. The predicted molar refractivity (Wildman–Crippen MR) is 40.4 cm³/mol. The van der Waals surface area contributed by atoms with Crippen LogP contribution in [0, 0.1) is 0 Å². The maximum atomic E-state index is 10.0. The van der Waals surface area contributed by atoms with Gasteiger partial charge in [-0.25, -0.2) is 4.79 Å². The van der Waals surface area contributed by atoms with Crippen molar-refractivity contribution in [3.05, 3.63) is 10.4 Å².